The molecule has 2 aromatic rings. The minimum Gasteiger partial charge on any atom is -0.348 e. The van der Waals surface area contributed by atoms with Crippen LogP contribution in [0, 0.1) is 27.7 Å². The molecular weight excluding hydrogens is 196 g/mol. The molecule has 16 heavy (non-hydrogen) atoms. The maximum absolute atomic E-state index is 4.06. The molecule has 1 heterocycles. The van der Waals surface area contributed by atoms with Crippen LogP contribution >= 0.6 is 0 Å². The van der Waals surface area contributed by atoms with Crippen molar-refractivity contribution in [1.82, 2.24) is 9.97 Å². The number of imidazole rings is 1. The van der Waals surface area contributed by atoms with E-state index in [1.165, 1.54) is 33.5 Å². The molecule has 0 bridgehead atoms. The number of aryl methyl sites for hydroxylation is 2. The molecule has 0 aliphatic rings. The highest BCUT2D eigenvalue weighted by Crippen LogP contribution is 2.23. The van der Waals surface area contributed by atoms with Crippen LogP contribution in [-0.2, 0) is 6.42 Å². The standard InChI is InChI=1S/C14H18N2/c1-9-5-10(2)14(12(4)11(9)3)6-13-7-15-8-16-13/h5,7-8H,6H2,1-4H3,(H,15,16). The molecule has 0 saturated heterocycles. The summed E-state index contributed by atoms with van der Waals surface area (Å²) in [4.78, 5) is 7.23. The highest BCUT2D eigenvalue weighted by molar-refractivity contribution is 5.45. The Morgan fingerprint density at radius 1 is 1.06 bits per heavy atom. The summed E-state index contributed by atoms with van der Waals surface area (Å²) < 4.78 is 0. The van der Waals surface area contributed by atoms with Gasteiger partial charge in [0.15, 0.2) is 0 Å². The maximum Gasteiger partial charge on any atom is 0.0921 e. The van der Waals surface area contributed by atoms with E-state index in [9.17, 15) is 0 Å². The molecule has 0 aliphatic heterocycles. The van der Waals surface area contributed by atoms with E-state index >= 15 is 0 Å². The maximum atomic E-state index is 4.06. The van der Waals surface area contributed by atoms with Crippen molar-refractivity contribution >= 4 is 0 Å². The van der Waals surface area contributed by atoms with E-state index in [0.717, 1.165) is 6.42 Å². The predicted octanol–water partition coefficient (Wildman–Crippen LogP) is 3.23. The highest BCUT2D eigenvalue weighted by atomic mass is 14.9. The Kier molecular flexibility index (Phi) is 2.82. The average Bonchev–Trinajstić information content (AvgIpc) is 2.74. The Morgan fingerprint density at radius 2 is 1.81 bits per heavy atom. The zero-order valence-corrected chi connectivity index (χ0v) is 10.4. The Balaban J connectivity index is 2.45. The molecule has 2 nitrogen and oxygen atoms in total. The quantitative estimate of drug-likeness (QED) is 0.817. The summed E-state index contributed by atoms with van der Waals surface area (Å²) in [5.74, 6) is 0. The fraction of sp³-hybridized carbons (Fsp3) is 0.357. The first-order valence-corrected chi connectivity index (χ1v) is 5.63. The van der Waals surface area contributed by atoms with Crippen LogP contribution in [0.3, 0.4) is 0 Å². The summed E-state index contributed by atoms with van der Waals surface area (Å²) in [6, 6.07) is 2.27. The summed E-state index contributed by atoms with van der Waals surface area (Å²) in [5, 5.41) is 0. The van der Waals surface area contributed by atoms with Crippen LogP contribution in [0.2, 0.25) is 0 Å². The van der Waals surface area contributed by atoms with Gasteiger partial charge in [-0.2, -0.15) is 0 Å². The monoisotopic (exact) mass is 214 g/mol. The molecule has 1 aromatic carbocycles. The Hall–Kier alpha value is -1.57. The fourth-order valence-corrected chi connectivity index (χ4v) is 2.18. The third-order valence-corrected chi connectivity index (χ3v) is 3.44. The van der Waals surface area contributed by atoms with Gasteiger partial charge in [0.05, 0.1) is 6.33 Å². The van der Waals surface area contributed by atoms with Crippen LogP contribution in [0.25, 0.3) is 0 Å². The Morgan fingerprint density at radius 3 is 2.44 bits per heavy atom. The molecule has 0 amide bonds. The van der Waals surface area contributed by atoms with E-state index in [1.807, 2.05) is 6.20 Å². The number of nitrogens with zero attached hydrogens (tertiary/aromatic N) is 1. The largest absolute Gasteiger partial charge is 0.348 e. The van der Waals surface area contributed by atoms with E-state index in [2.05, 4.69) is 43.7 Å². The van der Waals surface area contributed by atoms with E-state index in [0.29, 0.717) is 0 Å². The number of aromatic amines is 1. The molecular formula is C14H18N2. The first kappa shape index (κ1) is 10.9. The van der Waals surface area contributed by atoms with E-state index in [-0.39, 0.29) is 0 Å². The summed E-state index contributed by atoms with van der Waals surface area (Å²) in [5.41, 5.74) is 8.16. The molecule has 2 rings (SSSR count). The molecule has 0 saturated carbocycles. The van der Waals surface area contributed by atoms with E-state index in [1.54, 1.807) is 6.33 Å². The van der Waals surface area contributed by atoms with Crippen LogP contribution in [0.1, 0.15) is 33.5 Å². The number of nitrogens with one attached hydrogen (secondary N) is 1. The van der Waals surface area contributed by atoms with Crippen LogP contribution < -0.4 is 0 Å². The van der Waals surface area contributed by atoms with Crippen molar-refractivity contribution in [3.63, 3.8) is 0 Å². The minimum absolute atomic E-state index is 0.943. The van der Waals surface area contributed by atoms with Crippen LogP contribution in [-0.4, -0.2) is 9.97 Å². The molecule has 0 aliphatic carbocycles. The Bertz CT molecular complexity index is 496. The SMILES string of the molecule is Cc1cc(C)c(Cc2cnc[nH]2)c(C)c1C. The second-order valence-electron chi connectivity index (χ2n) is 4.49. The van der Waals surface area contributed by atoms with Gasteiger partial charge in [-0.15, -0.1) is 0 Å². The fourth-order valence-electron chi connectivity index (χ4n) is 2.18. The lowest BCUT2D eigenvalue weighted by Crippen LogP contribution is -2.00. The molecule has 1 aromatic heterocycles. The van der Waals surface area contributed by atoms with Gasteiger partial charge in [0.2, 0.25) is 0 Å². The van der Waals surface area contributed by atoms with Crippen LogP contribution in [0.15, 0.2) is 18.6 Å². The van der Waals surface area contributed by atoms with Crippen molar-refractivity contribution in [2.24, 2.45) is 0 Å². The smallest absolute Gasteiger partial charge is 0.0921 e. The lowest BCUT2D eigenvalue weighted by atomic mass is 9.92. The number of H-pyrrole nitrogens is 1. The molecule has 0 unspecified atom stereocenters. The number of aromatic nitrogens is 2. The zero-order valence-electron chi connectivity index (χ0n) is 10.4. The normalized spacial score (nSPS) is 10.8. The first-order valence-electron chi connectivity index (χ1n) is 5.63. The summed E-state index contributed by atoms with van der Waals surface area (Å²) in [7, 11) is 0. The molecule has 0 atom stereocenters. The van der Waals surface area contributed by atoms with Crippen molar-refractivity contribution in [3.8, 4) is 0 Å². The van der Waals surface area contributed by atoms with Crippen molar-refractivity contribution in [2.45, 2.75) is 34.1 Å². The molecule has 0 fully saturated rings. The molecule has 0 radical (unpaired) electrons. The van der Waals surface area contributed by atoms with E-state index in [4.69, 9.17) is 0 Å². The summed E-state index contributed by atoms with van der Waals surface area (Å²) in [6.07, 6.45) is 4.58. The topological polar surface area (TPSA) is 28.7 Å². The lowest BCUT2D eigenvalue weighted by Gasteiger charge is -2.14. The van der Waals surface area contributed by atoms with Gasteiger partial charge in [-0.05, 0) is 55.5 Å². The van der Waals surface area contributed by atoms with E-state index < -0.39 is 0 Å². The average molecular weight is 214 g/mol. The minimum atomic E-state index is 0.943. The third-order valence-electron chi connectivity index (χ3n) is 3.44. The number of benzene rings is 1. The number of hydrogen-bond acceptors (Lipinski definition) is 1. The molecule has 1 N–H and O–H groups in total. The van der Waals surface area contributed by atoms with Gasteiger partial charge >= 0.3 is 0 Å². The van der Waals surface area contributed by atoms with Gasteiger partial charge in [0.1, 0.15) is 0 Å². The summed E-state index contributed by atoms with van der Waals surface area (Å²) in [6.45, 7) is 8.77. The summed E-state index contributed by atoms with van der Waals surface area (Å²) >= 11 is 0. The van der Waals surface area contributed by atoms with Crippen LogP contribution in [0.4, 0.5) is 0 Å². The van der Waals surface area contributed by atoms with Gasteiger partial charge in [0, 0.05) is 18.3 Å². The second-order valence-corrected chi connectivity index (χ2v) is 4.49. The van der Waals surface area contributed by atoms with Gasteiger partial charge in [-0.1, -0.05) is 6.07 Å². The number of hydrogen-bond donors (Lipinski definition) is 1. The number of rotatable bonds is 2. The molecule has 2 heteroatoms. The van der Waals surface area contributed by atoms with Gasteiger partial charge < -0.3 is 4.98 Å². The lowest BCUT2D eigenvalue weighted by molar-refractivity contribution is 1.05. The van der Waals surface area contributed by atoms with Gasteiger partial charge in [-0.25, -0.2) is 4.98 Å². The zero-order chi connectivity index (χ0) is 11.7. The van der Waals surface area contributed by atoms with Crippen molar-refractivity contribution in [3.05, 3.63) is 52.1 Å². The van der Waals surface area contributed by atoms with Gasteiger partial charge in [0.25, 0.3) is 0 Å². The highest BCUT2D eigenvalue weighted by Gasteiger charge is 2.09. The van der Waals surface area contributed by atoms with Crippen molar-refractivity contribution < 1.29 is 0 Å². The van der Waals surface area contributed by atoms with Gasteiger partial charge in [-0.3, -0.25) is 0 Å². The molecule has 0 spiro atoms. The third kappa shape index (κ3) is 1.87. The Labute approximate surface area is 96.7 Å². The van der Waals surface area contributed by atoms with Crippen molar-refractivity contribution in [1.29, 1.82) is 0 Å². The molecule has 84 valence electrons. The van der Waals surface area contributed by atoms with Crippen LogP contribution in [0.5, 0.6) is 0 Å². The second kappa shape index (κ2) is 4.12. The predicted molar refractivity (Wildman–Crippen MR) is 66.8 cm³/mol. The van der Waals surface area contributed by atoms with Crippen molar-refractivity contribution in [2.75, 3.05) is 0 Å². The first-order chi connectivity index (χ1) is 7.59.